The Labute approximate surface area is 109 Å². The van der Waals surface area contributed by atoms with E-state index < -0.39 is 16.6 Å². The normalized spacial score (nSPS) is 11.5. The Morgan fingerprint density at radius 2 is 2.11 bits per heavy atom. The van der Waals surface area contributed by atoms with E-state index in [0.717, 1.165) is 0 Å². The topological polar surface area (TPSA) is 87.3 Å². The second-order valence-electron chi connectivity index (χ2n) is 5.03. The van der Waals surface area contributed by atoms with E-state index >= 15 is 0 Å². The Kier molecular flexibility index (Phi) is 2.97. The molecule has 7 heteroatoms. The third-order valence-corrected chi connectivity index (χ3v) is 2.33. The van der Waals surface area contributed by atoms with Crippen LogP contribution < -0.4 is 0 Å². The number of carbonyl (C=O) groups is 1. The van der Waals surface area contributed by atoms with E-state index in [-0.39, 0.29) is 5.69 Å². The molecule has 1 heterocycles. The van der Waals surface area contributed by atoms with Crippen LogP contribution in [0.4, 0.5) is 10.5 Å². The van der Waals surface area contributed by atoms with Gasteiger partial charge in [0.15, 0.2) is 0 Å². The minimum Gasteiger partial charge on any atom is -0.443 e. The summed E-state index contributed by atoms with van der Waals surface area (Å²) in [5.74, 6) is 0. The quantitative estimate of drug-likeness (QED) is 0.583. The number of nitrogens with zero attached hydrogens (tertiary/aromatic N) is 3. The highest BCUT2D eigenvalue weighted by Gasteiger charge is 2.20. The molecular formula is C12H13N3O4. The fraction of sp³-hybridized carbons (Fsp3) is 0.333. The summed E-state index contributed by atoms with van der Waals surface area (Å²) in [6.45, 7) is 5.28. The molecule has 100 valence electrons. The molecule has 2 aromatic rings. The molecule has 0 aliphatic rings. The molecule has 7 nitrogen and oxygen atoms in total. The Hall–Kier alpha value is -2.44. The van der Waals surface area contributed by atoms with Crippen LogP contribution in [0.5, 0.6) is 0 Å². The number of fused-ring (bicyclic) bond motifs is 1. The zero-order valence-corrected chi connectivity index (χ0v) is 10.8. The number of ether oxygens (including phenoxy) is 1. The van der Waals surface area contributed by atoms with Gasteiger partial charge in [0.05, 0.1) is 16.0 Å². The number of carbonyl (C=O) groups excluding carboxylic acids is 1. The van der Waals surface area contributed by atoms with E-state index in [1.165, 1.54) is 29.1 Å². The molecule has 0 atom stereocenters. The Bertz CT molecular complexity index is 655. The van der Waals surface area contributed by atoms with Crippen molar-refractivity contribution >= 4 is 22.8 Å². The fourth-order valence-electron chi connectivity index (χ4n) is 1.57. The third-order valence-electron chi connectivity index (χ3n) is 2.33. The zero-order chi connectivity index (χ0) is 14.2. The molecule has 1 aromatic heterocycles. The molecular weight excluding hydrogens is 250 g/mol. The number of aromatic nitrogens is 2. The fourth-order valence-corrected chi connectivity index (χ4v) is 1.57. The number of hydrogen-bond donors (Lipinski definition) is 0. The predicted octanol–water partition coefficient (Wildman–Crippen LogP) is 2.73. The van der Waals surface area contributed by atoms with Gasteiger partial charge < -0.3 is 4.74 Å². The van der Waals surface area contributed by atoms with Gasteiger partial charge in [-0.2, -0.15) is 0 Å². The van der Waals surface area contributed by atoms with Crippen LogP contribution in [0.2, 0.25) is 0 Å². The molecule has 0 fully saturated rings. The third kappa shape index (κ3) is 2.70. The smallest absolute Gasteiger partial charge is 0.420 e. The Morgan fingerprint density at radius 1 is 1.42 bits per heavy atom. The van der Waals surface area contributed by atoms with Crippen LogP contribution in [0.25, 0.3) is 11.0 Å². The Morgan fingerprint density at radius 3 is 2.68 bits per heavy atom. The van der Waals surface area contributed by atoms with E-state index in [2.05, 4.69) is 4.98 Å². The van der Waals surface area contributed by atoms with Gasteiger partial charge in [0.1, 0.15) is 11.9 Å². The highest BCUT2D eigenvalue weighted by Crippen LogP contribution is 2.20. The van der Waals surface area contributed by atoms with Crippen LogP contribution >= 0.6 is 0 Å². The van der Waals surface area contributed by atoms with Gasteiger partial charge >= 0.3 is 6.09 Å². The lowest BCUT2D eigenvalue weighted by Gasteiger charge is -2.19. The summed E-state index contributed by atoms with van der Waals surface area (Å²) in [7, 11) is 0. The summed E-state index contributed by atoms with van der Waals surface area (Å²) in [5.41, 5.74) is 0.163. The van der Waals surface area contributed by atoms with E-state index in [4.69, 9.17) is 4.74 Å². The van der Waals surface area contributed by atoms with E-state index in [1.807, 2.05) is 0 Å². The van der Waals surface area contributed by atoms with Crippen LogP contribution in [0.1, 0.15) is 20.8 Å². The second-order valence-corrected chi connectivity index (χ2v) is 5.03. The van der Waals surface area contributed by atoms with Gasteiger partial charge in [-0.1, -0.05) is 0 Å². The largest absolute Gasteiger partial charge is 0.443 e. The molecule has 0 bridgehead atoms. The lowest BCUT2D eigenvalue weighted by molar-refractivity contribution is -0.384. The zero-order valence-electron chi connectivity index (χ0n) is 10.8. The maximum Gasteiger partial charge on any atom is 0.420 e. The summed E-state index contributed by atoms with van der Waals surface area (Å²) in [6.07, 6.45) is 0.728. The number of non-ortho nitro benzene ring substituents is 1. The van der Waals surface area contributed by atoms with Gasteiger partial charge in [-0.05, 0) is 26.8 Å². The molecule has 0 spiro atoms. The molecule has 19 heavy (non-hydrogen) atoms. The average molecular weight is 263 g/mol. The van der Waals surface area contributed by atoms with E-state index in [0.29, 0.717) is 11.0 Å². The molecule has 0 unspecified atom stereocenters. The van der Waals surface area contributed by atoms with Crippen molar-refractivity contribution in [3.63, 3.8) is 0 Å². The van der Waals surface area contributed by atoms with Gasteiger partial charge in [0, 0.05) is 12.1 Å². The molecule has 0 aliphatic heterocycles. The van der Waals surface area contributed by atoms with Crippen LogP contribution in [0.3, 0.4) is 0 Å². The number of hydrogen-bond acceptors (Lipinski definition) is 5. The van der Waals surface area contributed by atoms with E-state index in [1.54, 1.807) is 20.8 Å². The summed E-state index contributed by atoms with van der Waals surface area (Å²) in [5, 5.41) is 10.7. The predicted molar refractivity (Wildman–Crippen MR) is 68.0 cm³/mol. The van der Waals surface area contributed by atoms with Crippen molar-refractivity contribution in [3.05, 3.63) is 34.6 Å². The molecule has 0 saturated heterocycles. The van der Waals surface area contributed by atoms with Gasteiger partial charge in [-0.3, -0.25) is 10.1 Å². The summed E-state index contributed by atoms with van der Waals surface area (Å²) in [6, 6.07) is 4.12. The van der Waals surface area contributed by atoms with Crippen LogP contribution in [0, 0.1) is 10.1 Å². The summed E-state index contributed by atoms with van der Waals surface area (Å²) in [4.78, 5) is 26.0. The highest BCUT2D eigenvalue weighted by atomic mass is 16.6. The van der Waals surface area contributed by atoms with Gasteiger partial charge in [-0.15, -0.1) is 0 Å². The minimum absolute atomic E-state index is 0.0676. The van der Waals surface area contributed by atoms with Crippen molar-refractivity contribution in [1.82, 2.24) is 9.55 Å². The van der Waals surface area contributed by atoms with Crippen molar-refractivity contribution < 1.29 is 14.5 Å². The summed E-state index contributed by atoms with van der Waals surface area (Å²) < 4.78 is 6.44. The number of imidazole rings is 1. The maximum atomic E-state index is 11.9. The van der Waals surface area contributed by atoms with Crippen molar-refractivity contribution in [3.8, 4) is 0 Å². The highest BCUT2D eigenvalue weighted by molar-refractivity contribution is 5.87. The van der Waals surface area contributed by atoms with E-state index in [9.17, 15) is 14.9 Å². The van der Waals surface area contributed by atoms with Gasteiger partial charge in [-0.25, -0.2) is 14.3 Å². The van der Waals surface area contributed by atoms with Crippen LogP contribution in [0.15, 0.2) is 24.5 Å². The minimum atomic E-state index is -0.617. The number of benzene rings is 1. The maximum absolute atomic E-state index is 11.9. The first-order valence-electron chi connectivity index (χ1n) is 5.63. The molecule has 0 amide bonds. The van der Waals surface area contributed by atoms with Gasteiger partial charge in [0.25, 0.3) is 5.69 Å². The number of rotatable bonds is 1. The monoisotopic (exact) mass is 263 g/mol. The molecule has 0 saturated carbocycles. The average Bonchev–Trinajstić information content (AvgIpc) is 2.68. The lowest BCUT2D eigenvalue weighted by Crippen LogP contribution is -2.26. The molecule has 0 aliphatic carbocycles. The van der Waals surface area contributed by atoms with Crippen LogP contribution in [-0.2, 0) is 4.74 Å². The van der Waals surface area contributed by atoms with Crippen molar-refractivity contribution in [2.24, 2.45) is 0 Å². The Balaban J connectivity index is 2.41. The first kappa shape index (κ1) is 13.0. The second kappa shape index (κ2) is 4.34. The van der Waals surface area contributed by atoms with Crippen LogP contribution in [-0.4, -0.2) is 26.2 Å². The molecule has 0 radical (unpaired) electrons. The number of nitro groups is 1. The number of nitro benzene ring substituents is 1. The standard InChI is InChI=1S/C12H13N3O4/c1-12(2,3)19-11(16)14-7-13-9-6-8(15(17)18)4-5-10(9)14/h4-7H,1-3H3. The first-order chi connectivity index (χ1) is 8.78. The van der Waals surface area contributed by atoms with Crippen molar-refractivity contribution in [2.75, 3.05) is 0 Å². The first-order valence-corrected chi connectivity index (χ1v) is 5.63. The molecule has 1 aromatic carbocycles. The van der Waals surface area contributed by atoms with Gasteiger partial charge in [0.2, 0.25) is 0 Å². The lowest BCUT2D eigenvalue weighted by atomic mass is 10.2. The summed E-state index contributed by atoms with van der Waals surface area (Å²) >= 11 is 0. The molecule has 0 N–H and O–H groups in total. The van der Waals surface area contributed by atoms with Crippen molar-refractivity contribution in [2.45, 2.75) is 26.4 Å². The molecule has 2 rings (SSSR count). The van der Waals surface area contributed by atoms with Crippen molar-refractivity contribution in [1.29, 1.82) is 0 Å². The SMILES string of the molecule is CC(C)(C)OC(=O)n1cnc2cc([N+](=O)[O-])ccc21.